The van der Waals surface area contributed by atoms with Gasteiger partial charge in [-0.3, -0.25) is 4.79 Å². The van der Waals surface area contributed by atoms with Crippen LogP contribution in [0.25, 0.3) is 6.08 Å². The van der Waals surface area contributed by atoms with Crippen molar-refractivity contribution >= 4 is 55.0 Å². The molecule has 0 spiro atoms. The van der Waals surface area contributed by atoms with Gasteiger partial charge in [-0.15, -0.1) is 6.58 Å². The van der Waals surface area contributed by atoms with Gasteiger partial charge in [-0.25, -0.2) is 4.99 Å². The molecule has 0 bridgehead atoms. The lowest BCUT2D eigenvalue weighted by molar-refractivity contribution is -0.107. The number of benzene rings is 1. The van der Waals surface area contributed by atoms with Gasteiger partial charge in [0.1, 0.15) is 10.1 Å². The van der Waals surface area contributed by atoms with Crippen LogP contribution in [-0.2, 0) is 4.79 Å². The molecule has 0 saturated carbocycles. The highest BCUT2D eigenvalue weighted by Crippen LogP contribution is 2.38. The fourth-order valence-electron chi connectivity index (χ4n) is 1.85. The largest absolute Gasteiger partial charge is 0.493 e. The van der Waals surface area contributed by atoms with Gasteiger partial charge in [-0.2, -0.15) is 0 Å². The fourth-order valence-corrected chi connectivity index (χ4v) is 4.02. The van der Waals surface area contributed by atoms with E-state index in [1.807, 2.05) is 19.1 Å². The molecule has 0 amide bonds. The highest BCUT2D eigenvalue weighted by Gasteiger charge is 2.22. The quantitative estimate of drug-likeness (QED) is 0.497. The normalized spacial score (nSPS) is 15.7. The fraction of sp³-hybridized carbons (Fsp3) is 0.250. The summed E-state index contributed by atoms with van der Waals surface area (Å²) >= 11 is 6.12. The molecule has 1 aromatic carbocycles. The van der Waals surface area contributed by atoms with E-state index >= 15 is 0 Å². The topological polar surface area (TPSA) is 47.9 Å². The SMILES string of the molecule is C=CCSC1=N/C(=C\c2cc(Br)c(OCC)c(OC)c2)C(=O)S1. The highest BCUT2D eigenvalue weighted by atomic mass is 79.9. The van der Waals surface area contributed by atoms with Gasteiger partial charge in [0, 0.05) is 5.75 Å². The van der Waals surface area contributed by atoms with Crippen LogP contribution in [0.3, 0.4) is 0 Å². The van der Waals surface area contributed by atoms with Crippen LogP contribution in [0, 0.1) is 0 Å². The molecule has 0 radical (unpaired) electrons. The van der Waals surface area contributed by atoms with Crippen LogP contribution in [0.15, 0.2) is 39.9 Å². The van der Waals surface area contributed by atoms with Gasteiger partial charge in [-0.1, -0.05) is 17.8 Å². The third-order valence-corrected chi connectivity index (χ3v) is 5.36. The summed E-state index contributed by atoms with van der Waals surface area (Å²) in [5, 5.41) is -0.0551. The molecule has 1 aromatic rings. The summed E-state index contributed by atoms with van der Waals surface area (Å²) in [7, 11) is 1.58. The molecule has 122 valence electrons. The molecule has 0 aliphatic carbocycles. The number of methoxy groups -OCH3 is 1. The summed E-state index contributed by atoms with van der Waals surface area (Å²) < 4.78 is 12.4. The van der Waals surface area contributed by atoms with Crippen molar-refractivity contribution in [2.24, 2.45) is 4.99 Å². The molecule has 0 unspecified atom stereocenters. The zero-order valence-electron chi connectivity index (χ0n) is 12.8. The van der Waals surface area contributed by atoms with Gasteiger partial charge in [0.25, 0.3) is 0 Å². The number of halogens is 1. The second-order valence-corrected chi connectivity index (χ2v) is 7.45. The first kappa shape index (κ1) is 18.2. The molecule has 23 heavy (non-hydrogen) atoms. The Morgan fingerprint density at radius 3 is 2.91 bits per heavy atom. The number of carbonyl (C=O) groups is 1. The lowest BCUT2D eigenvalue weighted by Crippen LogP contribution is -1.97. The molecule has 1 aliphatic rings. The molecule has 7 heteroatoms. The van der Waals surface area contributed by atoms with E-state index in [0.717, 1.165) is 31.9 Å². The first-order valence-electron chi connectivity index (χ1n) is 6.85. The molecule has 0 aromatic heterocycles. The number of aliphatic imine (C=N–C) groups is 1. The predicted octanol–water partition coefficient (Wildman–Crippen LogP) is 4.75. The number of rotatable bonds is 6. The number of carbonyl (C=O) groups excluding carboxylic acids is 1. The third kappa shape index (κ3) is 4.65. The van der Waals surface area contributed by atoms with E-state index in [4.69, 9.17) is 9.47 Å². The van der Waals surface area contributed by atoms with Crippen LogP contribution < -0.4 is 9.47 Å². The average Bonchev–Trinajstić information content (AvgIpc) is 2.87. The van der Waals surface area contributed by atoms with Crippen molar-refractivity contribution in [3.05, 3.63) is 40.5 Å². The third-order valence-electron chi connectivity index (χ3n) is 2.77. The van der Waals surface area contributed by atoms with Crippen molar-refractivity contribution in [2.45, 2.75) is 6.92 Å². The van der Waals surface area contributed by atoms with Crippen LogP contribution in [0.1, 0.15) is 12.5 Å². The van der Waals surface area contributed by atoms with Gasteiger partial charge in [0.2, 0.25) is 5.12 Å². The van der Waals surface area contributed by atoms with E-state index in [0.29, 0.717) is 23.8 Å². The summed E-state index contributed by atoms with van der Waals surface area (Å²) in [5.41, 5.74) is 1.25. The molecule has 0 saturated heterocycles. The molecular weight excluding hydrogens is 398 g/mol. The predicted molar refractivity (Wildman–Crippen MR) is 103 cm³/mol. The van der Waals surface area contributed by atoms with Crippen LogP contribution in [0.4, 0.5) is 0 Å². The zero-order valence-corrected chi connectivity index (χ0v) is 16.0. The van der Waals surface area contributed by atoms with Crippen molar-refractivity contribution in [3.63, 3.8) is 0 Å². The van der Waals surface area contributed by atoms with E-state index in [-0.39, 0.29) is 5.12 Å². The molecule has 0 fully saturated rings. The standard InChI is InChI=1S/C16H16BrNO3S2/c1-4-6-22-16-18-12(15(19)23-16)8-10-7-11(17)14(21-5-2)13(9-10)20-3/h4,7-9H,1,5-6H2,2-3H3/b12-8-. The van der Waals surface area contributed by atoms with Crippen LogP contribution in [-0.4, -0.2) is 29.0 Å². The molecule has 1 heterocycles. The van der Waals surface area contributed by atoms with Crippen LogP contribution in [0.5, 0.6) is 11.5 Å². The number of ether oxygens (including phenoxy) is 2. The van der Waals surface area contributed by atoms with Gasteiger partial charge in [0.15, 0.2) is 11.5 Å². The summed E-state index contributed by atoms with van der Waals surface area (Å²) in [6.07, 6.45) is 3.54. The summed E-state index contributed by atoms with van der Waals surface area (Å²) in [5.74, 6) is 1.99. The Hall–Kier alpha value is -1.18. The van der Waals surface area contributed by atoms with E-state index in [1.54, 1.807) is 19.3 Å². The van der Waals surface area contributed by atoms with Crippen molar-refractivity contribution in [1.29, 1.82) is 0 Å². The van der Waals surface area contributed by atoms with E-state index in [9.17, 15) is 4.79 Å². The maximum Gasteiger partial charge on any atom is 0.244 e. The molecule has 4 nitrogen and oxygen atoms in total. The zero-order chi connectivity index (χ0) is 16.8. The minimum Gasteiger partial charge on any atom is -0.493 e. The van der Waals surface area contributed by atoms with Crippen molar-refractivity contribution in [3.8, 4) is 11.5 Å². The van der Waals surface area contributed by atoms with Gasteiger partial charge < -0.3 is 9.47 Å². The molecular formula is C16H16BrNO3S2. The first-order chi connectivity index (χ1) is 11.1. The minimum atomic E-state index is -0.0551. The summed E-state index contributed by atoms with van der Waals surface area (Å²) in [4.78, 5) is 16.4. The Morgan fingerprint density at radius 1 is 1.48 bits per heavy atom. The summed E-state index contributed by atoms with van der Waals surface area (Å²) in [6, 6.07) is 3.70. The minimum absolute atomic E-state index is 0.0551. The lowest BCUT2D eigenvalue weighted by atomic mass is 10.1. The van der Waals surface area contributed by atoms with Gasteiger partial charge in [0.05, 0.1) is 18.2 Å². The number of thioether (sulfide) groups is 2. The number of hydrogen-bond donors (Lipinski definition) is 0. The maximum atomic E-state index is 12.0. The Morgan fingerprint density at radius 2 is 2.26 bits per heavy atom. The highest BCUT2D eigenvalue weighted by molar-refractivity contribution is 9.10. The Balaban J connectivity index is 2.31. The lowest BCUT2D eigenvalue weighted by Gasteiger charge is -2.12. The maximum absolute atomic E-state index is 12.0. The second-order valence-electron chi connectivity index (χ2n) is 4.36. The average molecular weight is 414 g/mol. The Bertz CT molecular complexity index is 686. The van der Waals surface area contributed by atoms with Crippen molar-refractivity contribution in [2.75, 3.05) is 19.5 Å². The van der Waals surface area contributed by atoms with Gasteiger partial charge >= 0.3 is 0 Å². The van der Waals surface area contributed by atoms with Crippen LogP contribution in [0.2, 0.25) is 0 Å². The Labute approximate surface area is 152 Å². The molecule has 1 aliphatic heterocycles. The van der Waals surface area contributed by atoms with Crippen molar-refractivity contribution in [1.82, 2.24) is 0 Å². The summed E-state index contributed by atoms with van der Waals surface area (Å²) in [6.45, 7) is 6.11. The smallest absolute Gasteiger partial charge is 0.244 e. The number of nitrogens with zero attached hydrogens (tertiary/aromatic N) is 1. The molecule has 2 rings (SSSR count). The van der Waals surface area contributed by atoms with E-state index in [1.165, 1.54) is 11.8 Å². The van der Waals surface area contributed by atoms with Gasteiger partial charge in [-0.05, 0) is 58.4 Å². The molecule has 0 N–H and O–H groups in total. The van der Waals surface area contributed by atoms with Crippen molar-refractivity contribution < 1.29 is 14.3 Å². The van der Waals surface area contributed by atoms with Crippen LogP contribution >= 0.6 is 39.5 Å². The first-order valence-corrected chi connectivity index (χ1v) is 9.45. The molecule has 0 atom stereocenters. The number of hydrogen-bond acceptors (Lipinski definition) is 6. The van der Waals surface area contributed by atoms with E-state index < -0.39 is 0 Å². The second kappa shape index (κ2) is 8.61. The Kier molecular flexibility index (Phi) is 6.80. The van der Waals surface area contributed by atoms with E-state index in [2.05, 4.69) is 27.5 Å². The monoisotopic (exact) mass is 413 g/mol.